The van der Waals surface area contributed by atoms with Crippen LogP contribution in [0.1, 0.15) is 38.5 Å². The number of hydrogen-bond acceptors (Lipinski definition) is 3. The molecule has 3 aliphatic heterocycles. The second kappa shape index (κ2) is 4.82. The summed E-state index contributed by atoms with van der Waals surface area (Å²) < 4.78 is 0. The number of carbonyl (C=O) groups is 1. The van der Waals surface area contributed by atoms with Crippen molar-refractivity contribution in [2.24, 2.45) is 17.1 Å². The molecule has 0 aromatic carbocycles. The van der Waals surface area contributed by atoms with Crippen LogP contribution >= 0.6 is 0 Å². The lowest BCUT2D eigenvalue weighted by Gasteiger charge is -2.46. The molecule has 1 amide bonds. The molecule has 1 unspecified atom stereocenters. The predicted octanol–water partition coefficient (Wildman–Crippen LogP) is 0.716. The molecule has 102 valence electrons. The van der Waals surface area contributed by atoms with Crippen molar-refractivity contribution in [3.05, 3.63) is 0 Å². The standard InChI is InChI=1S/C14H25N3O/c15-10-14(4-1-5-14)8-13(18)16-12-9-17-6-2-11(12)3-7-17/h11-12H,1-10,15H2,(H,16,18). The van der Waals surface area contributed by atoms with Gasteiger partial charge >= 0.3 is 0 Å². The molecule has 0 aromatic rings. The van der Waals surface area contributed by atoms with Crippen molar-refractivity contribution in [2.45, 2.75) is 44.6 Å². The van der Waals surface area contributed by atoms with Crippen molar-refractivity contribution < 1.29 is 4.79 Å². The molecule has 4 fully saturated rings. The molecule has 3 saturated heterocycles. The maximum Gasteiger partial charge on any atom is 0.220 e. The lowest BCUT2D eigenvalue weighted by molar-refractivity contribution is -0.126. The Bertz CT molecular complexity index is 313. The van der Waals surface area contributed by atoms with Crippen LogP contribution in [0.4, 0.5) is 0 Å². The Balaban J connectivity index is 1.52. The van der Waals surface area contributed by atoms with Crippen LogP contribution in [0.5, 0.6) is 0 Å². The van der Waals surface area contributed by atoms with Crippen LogP contribution in [0, 0.1) is 11.3 Å². The molecular formula is C14H25N3O. The summed E-state index contributed by atoms with van der Waals surface area (Å²) in [7, 11) is 0. The van der Waals surface area contributed by atoms with Gasteiger partial charge in [0.2, 0.25) is 5.91 Å². The van der Waals surface area contributed by atoms with Gasteiger partial charge in [0, 0.05) is 19.0 Å². The van der Waals surface area contributed by atoms with Gasteiger partial charge in [-0.15, -0.1) is 0 Å². The average molecular weight is 251 g/mol. The van der Waals surface area contributed by atoms with Crippen LogP contribution in [-0.2, 0) is 4.79 Å². The molecule has 1 saturated carbocycles. The zero-order valence-electron chi connectivity index (χ0n) is 11.2. The molecule has 4 heteroatoms. The molecule has 3 heterocycles. The summed E-state index contributed by atoms with van der Waals surface area (Å²) >= 11 is 0. The van der Waals surface area contributed by atoms with Crippen molar-refractivity contribution in [1.29, 1.82) is 0 Å². The molecule has 4 nitrogen and oxygen atoms in total. The van der Waals surface area contributed by atoms with E-state index in [0.717, 1.165) is 19.4 Å². The number of piperidine rings is 3. The molecule has 0 aromatic heterocycles. The van der Waals surface area contributed by atoms with Crippen LogP contribution in [0.3, 0.4) is 0 Å². The van der Waals surface area contributed by atoms with Gasteiger partial charge in [-0.25, -0.2) is 0 Å². The molecular weight excluding hydrogens is 226 g/mol. The Hall–Kier alpha value is -0.610. The number of rotatable bonds is 4. The summed E-state index contributed by atoms with van der Waals surface area (Å²) in [6.07, 6.45) is 6.67. The smallest absolute Gasteiger partial charge is 0.220 e. The first-order valence-electron chi connectivity index (χ1n) is 7.43. The summed E-state index contributed by atoms with van der Waals surface area (Å²) in [6.45, 7) is 4.18. The summed E-state index contributed by atoms with van der Waals surface area (Å²) in [4.78, 5) is 14.6. The fraction of sp³-hybridized carbons (Fsp3) is 0.929. The second-order valence-corrected chi connectivity index (χ2v) is 6.55. The quantitative estimate of drug-likeness (QED) is 0.774. The Morgan fingerprint density at radius 1 is 1.33 bits per heavy atom. The minimum Gasteiger partial charge on any atom is -0.352 e. The molecule has 0 spiro atoms. The van der Waals surface area contributed by atoms with E-state index in [2.05, 4.69) is 10.2 Å². The van der Waals surface area contributed by atoms with E-state index in [4.69, 9.17) is 5.73 Å². The topological polar surface area (TPSA) is 58.4 Å². The van der Waals surface area contributed by atoms with E-state index in [0.29, 0.717) is 24.9 Å². The van der Waals surface area contributed by atoms with Crippen molar-refractivity contribution in [1.82, 2.24) is 10.2 Å². The molecule has 18 heavy (non-hydrogen) atoms. The molecule has 4 rings (SSSR count). The van der Waals surface area contributed by atoms with Crippen LogP contribution in [-0.4, -0.2) is 43.0 Å². The maximum atomic E-state index is 12.2. The highest BCUT2D eigenvalue weighted by Gasteiger charge is 2.39. The zero-order chi connectivity index (χ0) is 12.6. The Morgan fingerprint density at radius 2 is 2.06 bits per heavy atom. The number of fused-ring (bicyclic) bond motifs is 3. The van der Waals surface area contributed by atoms with Gasteiger partial charge in [-0.2, -0.15) is 0 Å². The molecule has 0 radical (unpaired) electrons. The molecule has 2 bridgehead atoms. The maximum absolute atomic E-state index is 12.2. The fourth-order valence-corrected chi connectivity index (χ4v) is 3.86. The van der Waals surface area contributed by atoms with E-state index in [9.17, 15) is 4.79 Å². The lowest BCUT2D eigenvalue weighted by Crippen LogP contribution is -2.57. The third-order valence-corrected chi connectivity index (χ3v) is 5.39. The number of nitrogens with two attached hydrogens (primary N) is 1. The minimum absolute atomic E-state index is 0.137. The third-order valence-electron chi connectivity index (χ3n) is 5.39. The molecule has 3 N–H and O–H groups in total. The number of carbonyl (C=O) groups excluding carboxylic acids is 1. The summed E-state index contributed by atoms with van der Waals surface area (Å²) in [5.41, 5.74) is 5.96. The highest BCUT2D eigenvalue weighted by atomic mass is 16.1. The summed E-state index contributed by atoms with van der Waals surface area (Å²) in [6, 6.07) is 0.398. The number of nitrogens with zero attached hydrogens (tertiary/aromatic N) is 1. The molecule has 1 aliphatic carbocycles. The van der Waals surface area contributed by atoms with Gasteiger partial charge in [-0.3, -0.25) is 4.79 Å². The Morgan fingerprint density at radius 3 is 2.50 bits per heavy atom. The van der Waals surface area contributed by atoms with E-state index in [1.165, 1.54) is 32.4 Å². The van der Waals surface area contributed by atoms with Gasteiger partial charge < -0.3 is 16.0 Å². The lowest BCUT2D eigenvalue weighted by atomic mass is 9.66. The van der Waals surface area contributed by atoms with Gasteiger partial charge in [0.15, 0.2) is 0 Å². The van der Waals surface area contributed by atoms with Crippen molar-refractivity contribution in [2.75, 3.05) is 26.2 Å². The van der Waals surface area contributed by atoms with Gasteiger partial charge in [0.05, 0.1) is 0 Å². The zero-order valence-corrected chi connectivity index (χ0v) is 11.2. The number of hydrogen-bond donors (Lipinski definition) is 2. The second-order valence-electron chi connectivity index (χ2n) is 6.55. The number of amides is 1. The van der Waals surface area contributed by atoms with Crippen LogP contribution < -0.4 is 11.1 Å². The van der Waals surface area contributed by atoms with Crippen molar-refractivity contribution >= 4 is 5.91 Å². The normalized spacial score (nSPS) is 37.1. The van der Waals surface area contributed by atoms with E-state index < -0.39 is 0 Å². The van der Waals surface area contributed by atoms with Gasteiger partial charge in [0.25, 0.3) is 0 Å². The predicted molar refractivity (Wildman–Crippen MR) is 71.1 cm³/mol. The SMILES string of the molecule is NCC1(CC(=O)NC2CN3CCC2CC3)CCC1. The van der Waals surface area contributed by atoms with Crippen LogP contribution in [0.2, 0.25) is 0 Å². The number of nitrogens with one attached hydrogen (secondary N) is 1. The third kappa shape index (κ3) is 2.28. The van der Waals surface area contributed by atoms with Crippen molar-refractivity contribution in [3.8, 4) is 0 Å². The van der Waals surface area contributed by atoms with Crippen LogP contribution in [0.25, 0.3) is 0 Å². The first-order chi connectivity index (χ1) is 8.71. The van der Waals surface area contributed by atoms with Gasteiger partial charge in [-0.05, 0) is 56.7 Å². The first-order valence-corrected chi connectivity index (χ1v) is 7.43. The van der Waals surface area contributed by atoms with Gasteiger partial charge in [-0.1, -0.05) is 6.42 Å². The average Bonchev–Trinajstić information content (AvgIpc) is 2.35. The summed E-state index contributed by atoms with van der Waals surface area (Å²) in [5, 5.41) is 3.27. The molecule has 1 atom stereocenters. The minimum atomic E-state index is 0.137. The first kappa shape index (κ1) is 12.4. The highest BCUT2D eigenvalue weighted by Crippen LogP contribution is 2.43. The molecule has 4 aliphatic rings. The van der Waals surface area contributed by atoms with E-state index in [1.54, 1.807) is 0 Å². The monoisotopic (exact) mass is 251 g/mol. The van der Waals surface area contributed by atoms with E-state index >= 15 is 0 Å². The Labute approximate surface area is 109 Å². The van der Waals surface area contributed by atoms with Gasteiger partial charge in [0.1, 0.15) is 0 Å². The highest BCUT2D eigenvalue weighted by molar-refractivity contribution is 5.77. The van der Waals surface area contributed by atoms with E-state index in [-0.39, 0.29) is 11.3 Å². The van der Waals surface area contributed by atoms with Crippen molar-refractivity contribution in [3.63, 3.8) is 0 Å². The Kier molecular flexibility index (Phi) is 3.32. The van der Waals surface area contributed by atoms with E-state index in [1.807, 2.05) is 0 Å². The van der Waals surface area contributed by atoms with Crippen LogP contribution in [0.15, 0.2) is 0 Å². The largest absolute Gasteiger partial charge is 0.352 e. The summed E-state index contributed by atoms with van der Waals surface area (Å²) in [5.74, 6) is 0.952. The fourth-order valence-electron chi connectivity index (χ4n) is 3.86.